The average molecular weight is 490 g/mol. The largest absolute Gasteiger partial charge is 0.447 e. The van der Waals surface area contributed by atoms with Gasteiger partial charge in [0.1, 0.15) is 6.61 Å². The van der Waals surface area contributed by atoms with Crippen LogP contribution in [-0.2, 0) is 17.3 Å². The second kappa shape index (κ2) is 10.8. The molecule has 0 unspecified atom stereocenters. The maximum atomic E-state index is 13.5. The number of hydrogen-bond donors (Lipinski definition) is 2. The van der Waals surface area contributed by atoms with Gasteiger partial charge in [0.2, 0.25) is 5.56 Å². The second-order valence-corrected chi connectivity index (χ2v) is 8.39. The van der Waals surface area contributed by atoms with Gasteiger partial charge in [0.05, 0.1) is 11.6 Å². The molecule has 0 saturated carbocycles. The Kier molecular flexibility index (Phi) is 8.09. The number of pyridine rings is 1. The predicted molar refractivity (Wildman–Crippen MR) is 132 cm³/mol. The predicted octanol–water partition coefficient (Wildman–Crippen LogP) is 6.35. The van der Waals surface area contributed by atoms with E-state index in [0.717, 1.165) is 31.2 Å². The molecule has 6 nitrogen and oxygen atoms in total. The van der Waals surface area contributed by atoms with E-state index in [1.807, 2.05) is 29.2 Å². The molecule has 4 rings (SSSR count). The van der Waals surface area contributed by atoms with Crippen molar-refractivity contribution in [3.63, 3.8) is 0 Å². The van der Waals surface area contributed by atoms with Crippen molar-refractivity contribution in [2.24, 2.45) is 0 Å². The minimum atomic E-state index is -4.65. The van der Waals surface area contributed by atoms with Crippen LogP contribution >= 0.6 is 0 Å². The van der Waals surface area contributed by atoms with Gasteiger partial charge in [-0.2, -0.15) is 13.2 Å². The van der Waals surface area contributed by atoms with Gasteiger partial charge in [0.15, 0.2) is 0 Å². The second-order valence-electron chi connectivity index (χ2n) is 8.39. The lowest BCUT2D eigenvalue weighted by atomic mass is 10.1. The monoisotopic (exact) mass is 489 g/mol. The molecule has 1 aliphatic rings. The summed E-state index contributed by atoms with van der Waals surface area (Å²) < 4.78 is 46.0. The molecule has 1 aromatic heterocycles. The van der Waals surface area contributed by atoms with Gasteiger partial charge in [-0.25, -0.2) is 4.79 Å². The van der Waals surface area contributed by atoms with E-state index in [9.17, 15) is 22.8 Å². The van der Waals surface area contributed by atoms with Crippen molar-refractivity contribution in [3.05, 3.63) is 70.0 Å². The number of para-hydroxylation sites is 1. The van der Waals surface area contributed by atoms with Gasteiger partial charge >= 0.3 is 12.3 Å². The summed E-state index contributed by atoms with van der Waals surface area (Å²) in [7, 11) is 0. The zero-order valence-corrected chi connectivity index (χ0v) is 18.7. The minimum absolute atomic E-state index is 0. The third-order valence-electron chi connectivity index (χ3n) is 6.02. The van der Waals surface area contributed by atoms with Crippen LogP contribution < -0.4 is 15.8 Å². The number of carbonyl (C=O) groups excluding carboxylic acids is 1. The van der Waals surface area contributed by atoms with Gasteiger partial charge in [-0.1, -0.05) is 39.0 Å². The fourth-order valence-electron chi connectivity index (χ4n) is 4.45. The number of aromatic amines is 1. The molecule has 0 radical (unpaired) electrons. The van der Waals surface area contributed by atoms with Crippen LogP contribution in [0.25, 0.3) is 10.9 Å². The molecule has 2 N–H and O–H groups in total. The Bertz CT molecular complexity index is 1240. The van der Waals surface area contributed by atoms with E-state index >= 15 is 0 Å². The Balaban J connectivity index is 0.00000342. The molecule has 1 saturated heterocycles. The Morgan fingerprint density at radius 1 is 1.20 bits per heavy atom. The van der Waals surface area contributed by atoms with Crippen molar-refractivity contribution >= 4 is 28.4 Å². The van der Waals surface area contributed by atoms with Crippen LogP contribution in [0.15, 0.2) is 53.3 Å². The summed E-state index contributed by atoms with van der Waals surface area (Å²) in [6.07, 6.45) is -1.86. The van der Waals surface area contributed by atoms with Crippen molar-refractivity contribution in [3.8, 4) is 0 Å². The highest BCUT2D eigenvalue weighted by molar-refractivity contribution is 5.87. The Morgan fingerprint density at radius 2 is 1.97 bits per heavy atom. The van der Waals surface area contributed by atoms with E-state index in [0.29, 0.717) is 24.0 Å². The van der Waals surface area contributed by atoms with Crippen molar-refractivity contribution in [1.29, 1.82) is 0 Å². The van der Waals surface area contributed by atoms with Gasteiger partial charge in [0.25, 0.3) is 0 Å². The number of nitrogens with one attached hydrogen (secondary N) is 2. The number of rotatable bonds is 6. The number of alkyl halides is 3. The number of ether oxygens (including phenoxy) is 1. The SMILES string of the molecule is C.CCCc1ccccc1NC(=O)OC[C@H]1CCCN1c1ccc2[nH]c(=O)cc(C(F)(F)F)c2c1. The number of benzene rings is 2. The van der Waals surface area contributed by atoms with Crippen LogP contribution in [0.1, 0.15) is 44.7 Å². The third-order valence-corrected chi connectivity index (χ3v) is 6.02. The fourth-order valence-corrected chi connectivity index (χ4v) is 4.45. The molecule has 1 fully saturated rings. The van der Waals surface area contributed by atoms with Gasteiger partial charge in [-0.15, -0.1) is 0 Å². The number of H-pyrrole nitrogens is 1. The molecule has 3 aromatic rings. The Hall–Kier alpha value is -3.49. The molecular formula is C26H30F3N3O3. The van der Waals surface area contributed by atoms with Crippen LogP contribution in [0.3, 0.4) is 0 Å². The van der Waals surface area contributed by atoms with Crippen LogP contribution in [-0.4, -0.2) is 30.3 Å². The third kappa shape index (κ3) is 5.96. The van der Waals surface area contributed by atoms with Crippen molar-refractivity contribution < 1.29 is 22.7 Å². The van der Waals surface area contributed by atoms with E-state index in [1.54, 1.807) is 6.07 Å². The standard InChI is InChI=1S/C25H26F3N3O3.CH4/c1-2-6-16-7-3-4-9-21(16)30-24(33)34-15-18-8-5-12-31(18)17-10-11-22-19(13-17)20(25(26,27)28)14-23(32)29-22;/h3-4,7,9-11,13-14,18H,2,5-6,8,12,15H2,1H3,(H,29,32)(H,30,33);1H4/t18-;/m1./s1. The lowest BCUT2D eigenvalue weighted by molar-refractivity contribution is -0.136. The van der Waals surface area contributed by atoms with E-state index in [1.165, 1.54) is 12.1 Å². The summed E-state index contributed by atoms with van der Waals surface area (Å²) in [5.41, 5.74) is 0.683. The topological polar surface area (TPSA) is 74.4 Å². The molecule has 2 heterocycles. The van der Waals surface area contributed by atoms with E-state index in [2.05, 4.69) is 17.2 Å². The van der Waals surface area contributed by atoms with E-state index in [4.69, 9.17) is 4.74 Å². The summed E-state index contributed by atoms with van der Waals surface area (Å²) in [5, 5.41) is 2.72. The number of hydrogen-bond acceptors (Lipinski definition) is 4. The first kappa shape index (κ1) is 26.1. The molecule has 35 heavy (non-hydrogen) atoms. The van der Waals surface area contributed by atoms with Gasteiger partial charge < -0.3 is 14.6 Å². The highest BCUT2D eigenvalue weighted by Crippen LogP contribution is 2.36. The molecule has 1 atom stereocenters. The summed E-state index contributed by atoms with van der Waals surface area (Å²) >= 11 is 0. The quantitative estimate of drug-likeness (QED) is 0.423. The summed E-state index contributed by atoms with van der Waals surface area (Å²) in [6.45, 7) is 2.80. The maximum absolute atomic E-state index is 13.5. The number of nitrogens with zero attached hydrogens (tertiary/aromatic N) is 1. The number of aromatic nitrogens is 1. The van der Waals surface area contributed by atoms with Gasteiger partial charge in [0, 0.05) is 34.9 Å². The fraction of sp³-hybridized carbons (Fsp3) is 0.385. The number of fused-ring (bicyclic) bond motifs is 1. The summed E-state index contributed by atoms with van der Waals surface area (Å²) in [6, 6.07) is 12.6. The number of anilines is 2. The van der Waals surface area contributed by atoms with Crippen LogP contribution in [0.4, 0.5) is 29.3 Å². The molecule has 1 aliphatic heterocycles. The first-order valence-electron chi connectivity index (χ1n) is 11.3. The zero-order valence-electron chi connectivity index (χ0n) is 18.7. The number of carbonyl (C=O) groups is 1. The lowest BCUT2D eigenvalue weighted by Crippen LogP contribution is -2.34. The molecule has 1 amide bonds. The lowest BCUT2D eigenvalue weighted by Gasteiger charge is -2.27. The van der Waals surface area contributed by atoms with Crippen molar-refractivity contribution in [2.75, 3.05) is 23.4 Å². The molecule has 9 heteroatoms. The maximum Gasteiger partial charge on any atom is 0.417 e. The highest BCUT2D eigenvalue weighted by atomic mass is 19.4. The van der Waals surface area contributed by atoms with Gasteiger partial charge in [-0.05, 0) is 49.1 Å². The summed E-state index contributed by atoms with van der Waals surface area (Å²) in [4.78, 5) is 28.5. The molecule has 188 valence electrons. The number of halogens is 3. The Labute approximate surface area is 202 Å². The smallest absolute Gasteiger partial charge is 0.417 e. The van der Waals surface area contributed by atoms with Crippen molar-refractivity contribution in [2.45, 2.75) is 52.3 Å². The average Bonchev–Trinajstić information content (AvgIpc) is 3.26. The van der Waals surface area contributed by atoms with Crippen LogP contribution in [0.5, 0.6) is 0 Å². The highest BCUT2D eigenvalue weighted by Gasteiger charge is 2.34. The van der Waals surface area contributed by atoms with Crippen molar-refractivity contribution in [1.82, 2.24) is 4.98 Å². The zero-order chi connectivity index (χ0) is 24.3. The van der Waals surface area contributed by atoms with Gasteiger partial charge in [-0.3, -0.25) is 10.1 Å². The molecule has 0 aliphatic carbocycles. The number of amides is 1. The van der Waals surface area contributed by atoms with Crippen LogP contribution in [0, 0.1) is 0 Å². The number of aryl methyl sites for hydroxylation is 1. The summed E-state index contributed by atoms with van der Waals surface area (Å²) in [5.74, 6) is 0. The molecular weight excluding hydrogens is 459 g/mol. The van der Waals surface area contributed by atoms with E-state index in [-0.39, 0.29) is 31.0 Å². The molecule has 0 bridgehead atoms. The van der Waals surface area contributed by atoms with E-state index < -0.39 is 23.4 Å². The first-order valence-corrected chi connectivity index (χ1v) is 11.3. The molecule has 0 spiro atoms. The first-order chi connectivity index (χ1) is 16.3. The Morgan fingerprint density at radius 3 is 2.71 bits per heavy atom. The van der Waals surface area contributed by atoms with Crippen LogP contribution in [0.2, 0.25) is 0 Å². The molecule has 2 aromatic carbocycles. The normalized spacial score (nSPS) is 15.7. The minimum Gasteiger partial charge on any atom is -0.447 e.